The first kappa shape index (κ1) is 13.6. The van der Waals surface area contributed by atoms with Crippen molar-refractivity contribution < 1.29 is 0 Å². The second-order valence-electron chi connectivity index (χ2n) is 4.87. The Kier molecular flexibility index (Phi) is 4.03. The van der Waals surface area contributed by atoms with Gasteiger partial charge in [-0.3, -0.25) is 5.10 Å². The molecule has 4 heteroatoms. The third-order valence-corrected chi connectivity index (χ3v) is 4.72. The summed E-state index contributed by atoms with van der Waals surface area (Å²) in [4.78, 5) is 0. The lowest BCUT2D eigenvalue weighted by molar-refractivity contribution is 0.565. The van der Waals surface area contributed by atoms with E-state index in [9.17, 15) is 0 Å². The van der Waals surface area contributed by atoms with E-state index in [0.29, 0.717) is 6.04 Å². The van der Waals surface area contributed by atoms with Crippen LogP contribution in [0.1, 0.15) is 24.2 Å². The van der Waals surface area contributed by atoms with Crippen LogP contribution in [0.2, 0.25) is 0 Å². The molecule has 2 N–H and O–H groups in total. The van der Waals surface area contributed by atoms with Crippen LogP contribution in [-0.4, -0.2) is 10.2 Å². The Morgan fingerprint density at radius 3 is 2.85 bits per heavy atom. The number of hydrogen-bond donors (Lipinski definition) is 2. The lowest BCUT2D eigenvalue weighted by Crippen LogP contribution is -2.19. The number of H-pyrrole nitrogens is 1. The predicted octanol–water partition coefficient (Wildman–Crippen LogP) is 4.02. The van der Waals surface area contributed by atoms with E-state index in [1.807, 2.05) is 6.07 Å². The minimum absolute atomic E-state index is 0.301. The summed E-state index contributed by atoms with van der Waals surface area (Å²) in [6.07, 6.45) is 1.78. The first-order valence-electron chi connectivity index (χ1n) is 6.64. The van der Waals surface area contributed by atoms with Crippen molar-refractivity contribution in [2.24, 2.45) is 0 Å². The van der Waals surface area contributed by atoms with Gasteiger partial charge >= 0.3 is 0 Å². The molecule has 0 amide bonds. The summed E-state index contributed by atoms with van der Waals surface area (Å²) in [6, 6.07) is 15.2. The maximum Gasteiger partial charge on any atom is 0.0490 e. The number of aromatic nitrogens is 2. The molecule has 0 bridgehead atoms. The number of hydrogen-bond acceptors (Lipinski definition) is 2. The maximum atomic E-state index is 3.96. The molecular weight excluding hydrogens is 361 g/mol. The molecule has 20 heavy (non-hydrogen) atoms. The second-order valence-corrected chi connectivity index (χ2v) is 5.95. The first-order valence-corrected chi connectivity index (χ1v) is 7.72. The van der Waals surface area contributed by atoms with Crippen molar-refractivity contribution in [1.29, 1.82) is 0 Å². The molecule has 0 spiro atoms. The van der Waals surface area contributed by atoms with Crippen LogP contribution in [0.4, 0.5) is 0 Å². The van der Waals surface area contributed by atoms with E-state index in [1.165, 1.54) is 19.9 Å². The average Bonchev–Trinajstić information content (AvgIpc) is 2.99. The molecule has 0 saturated carbocycles. The smallest absolute Gasteiger partial charge is 0.0490 e. The van der Waals surface area contributed by atoms with E-state index in [1.54, 1.807) is 6.20 Å². The van der Waals surface area contributed by atoms with Gasteiger partial charge in [0.1, 0.15) is 0 Å². The molecule has 3 aromatic rings. The van der Waals surface area contributed by atoms with Crippen molar-refractivity contribution in [2.45, 2.75) is 19.5 Å². The Hall–Kier alpha value is -1.40. The predicted molar refractivity (Wildman–Crippen MR) is 90.5 cm³/mol. The molecular formula is C16H16IN3. The molecule has 0 radical (unpaired) electrons. The summed E-state index contributed by atoms with van der Waals surface area (Å²) in [5.74, 6) is 0. The maximum absolute atomic E-state index is 3.96. The van der Waals surface area contributed by atoms with E-state index in [-0.39, 0.29) is 0 Å². The zero-order chi connectivity index (χ0) is 13.9. The highest BCUT2D eigenvalue weighted by Gasteiger charge is 2.11. The third kappa shape index (κ3) is 2.71. The monoisotopic (exact) mass is 377 g/mol. The summed E-state index contributed by atoms with van der Waals surface area (Å²) in [5.41, 5.74) is 2.44. The van der Waals surface area contributed by atoms with Gasteiger partial charge in [-0.15, -0.1) is 0 Å². The highest BCUT2D eigenvalue weighted by atomic mass is 127. The van der Waals surface area contributed by atoms with E-state index >= 15 is 0 Å². The molecule has 3 nitrogen and oxygen atoms in total. The Labute approximate surface area is 131 Å². The fourth-order valence-corrected chi connectivity index (χ4v) is 3.48. The fourth-order valence-electron chi connectivity index (χ4n) is 2.34. The van der Waals surface area contributed by atoms with Gasteiger partial charge in [-0.05, 0) is 51.9 Å². The molecule has 1 heterocycles. The van der Waals surface area contributed by atoms with Crippen LogP contribution in [0.25, 0.3) is 10.8 Å². The molecule has 102 valence electrons. The van der Waals surface area contributed by atoms with Crippen molar-refractivity contribution in [1.82, 2.24) is 15.5 Å². The molecule has 0 aliphatic rings. The van der Waals surface area contributed by atoms with Crippen LogP contribution in [-0.2, 0) is 6.54 Å². The van der Waals surface area contributed by atoms with Gasteiger partial charge in [0.15, 0.2) is 0 Å². The van der Waals surface area contributed by atoms with Gasteiger partial charge in [-0.2, -0.15) is 5.10 Å². The highest BCUT2D eigenvalue weighted by Crippen LogP contribution is 2.28. The van der Waals surface area contributed by atoms with Crippen molar-refractivity contribution in [2.75, 3.05) is 0 Å². The molecule has 0 saturated heterocycles. The van der Waals surface area contributed by atoms with Gasteiger partial charge in [0, 0.05) is 28.0 Å². The normalized spacial score (nSPS) is 12.7. The van der Waals surface area contributed by atoms with E-state index in [2.05, 4.69) is 81.4 Å². The van der Waals surface area contributed by atoms with Gasteiger partial charge < -0.3 is 5.32 Å². The quantitative estimate of drug-likeness (QED) is 0.675. The van der Waals surface area contributed by atoms with E-state index < -0.39 is 0 Å². The second kappa shape index (κ2) is 5.93. The minimum atomic E-state index is 0.301. The largest absolute Gasteiger partial charge is 0.305 e. The average molecular weight is 377 g/mol. The lowest BCUT2D eigenvalue weighted by Gasteiger charge is -2.17. The Bertz CT molecular complexity index is 707. The molecule has 0 aliphatic heterocycles. The summed E-state index contributed by atoms with van der Waals surface area (Å²) >= 11 is 2.45. The van der Waals surface area contributed by atoms with Crippen LogP contribution in [0, 0.1) is 3.57 Å². The Morgan fingerprint density at radius 2 is 2.05 bits per heavy atom. The Balaban J connectivity index is 1.84. The SMILES string of the molecule is CC(NCc1ccn[nH]1)c1ccc2ccccc2c1I. The summed E-state index contributed by atoms with van der Waals surface area (Å²) in [5, 5.41) is 13.1. The summed E-state index contributed by atoms with van der Waals surface area (Å²) < 4.78 is 1.32. The van der Waals surface area contributed by atoms with Crippen molar-refractivity contribution >= 4 is 33.4 Å². The van der Waals surface area contributed by atoms with Gasteiger partial charge in [0.2, 0.25) is 0 Å². The molecule has 0 fully saturated rings. The van der Waals surface area contributed by atoms with Crippen LogP contribution in [0.15, 0.2) is 48.7 Å². The molecule has 1 aromatic heterocycles. The third-order valence-electron chi connectivity index (χ3n) is 3.52. The summed E-state index contributed by atoms with van der Waals surface area (Å²) in [7, 11) is 0. The first-order chi connectivity index (χ1) is 9.75. The van der Waals surface area contributed by atoms with Crippen LogP contribution >= 0.6 is 22.6 Å². The van der Waals surface area contributed by atoms with Crippen LogP contribution < -0.4 is 5.32 Å². The molecule has 3 rings (SSSR count). The van der Waals surface area contributed by atoms with Crippen molar-refractivity contribution in [3.63, 3.8) is 0 Å². The summed E-state index contributed by atoms with van der Waals surface area (Å²) in [6.45, 7) is 2.99. The number of nitrogens with one attached hydrogen (secondary N) is 2. The molecule has 1 atom stereocenters. The lowest BCUT2D eigenvalue weighted by atomic mass is 10.0. The molecule has 1 unspecified atom stereocenters. The number of nitrogens with zero attached hydrogens (tertiary/aromatic N) is 1. The standard InChI is InChI=1S/C16H16IN3/c1-11(18-10-13-8-9-19-20-13)14-7-6-12-4-2-3-5-15(12)16(14)17/h2-9,11,18H,10H2,1H3,(H,19,20). The van der Waals surface area contributed by atoms with E-state index in [4.69, 9.17) is 0 Å². The fraction of sp³-hybridized carbons (Fsp3) is 0.188. The number of fused-ring (bicyclic) bond motifs is 1. The number of benzene rings is 2. The number of aromatic amines is 1. The number of halogens is 1. The topological polar surface area (TPSA) is 40.7 Å². The zero-order valence-corrected chi connectivity index (χ0v) is 13.4. The van der Waals surface area contributed by atoms with Gasteiger partial charge in [-0.25, -0.2) is 0 Å². The van der Waals surface area contributed by atoms with Crippen molar-refractivity contribution in [3.8, 4) is 0 Å². The highest BCUT2D eigenvalue weighted by molar-refractivity contribution is 14.1. The van der Waals surface area contributed by atoms with E-state index in [0.717, 1.165) is 12.2 Å². The van der Waals surface area contributed by atoms with Crippen LogP contribution in [0.3, 0.4) is 0 Å². The number of rotatable bonds is 4. The zero-order valence-electron chi connectivity index (χ0n) is 11.2. The van der Waals surface area contributed by atoms with Crippen molar-refractivity contribution in [3.05, 3.63) is 63.5 Å². The van der Waals surface area contributed by atoms with Gasteiger partial charge in [-0.1, -0.05) is 36.4 Å². The van der Waals surface area contributed by atoms with Gasteiger partial charge in [0.05, 0.1) is 0 Å². The molecule has 0 aliphatic carbocycles. The Morgan fingerprint density at radius 1 is 1.20 bits per heavy atom. The van der Waals surface area contributed by atoms with Gasteiger partial charge in [0.25, 0.3) is 0 Å². The minimum Gasteiger partial charge on any atom is -0.305 e. The van der Waals surface area contributed by atoms with Crippen LogP contribution in [0.5, 0.6) is 0 Å². The molecule has 2 aromatic carbocycles.